The van der Waals surface area contributed by atoms with E-state index in [0.29, 0.717) is 18.0 Å². The summed E-state index contributed by atoms with van der Waals surface area (Å²) >= 11 is 0. The van der Waals surface area contributed by atoms with Crippen LogP contribution in [0.25, 0.3) is 11.3 Å². The number of nitrogens with zero attached hydrogens (tertiary/aromatic N) is 4. The molecule has 7 nitrogen and oxygen atoms in total. The summed E-state index contributed by atoms with van der Waals surface area (Å²) in [6.45, 7) is 3.99. The Kier molecular flexibility index (Phi) is 6.29. The van der Waals surface area contributed by atoms with Gasteiger partial charge in [-0.2, -0.15) is 5.10 Å². The van der Waals surface area contributed by atoms with Crippen molar-refractivity contribution in [3.63, 3.8) is 0 Å². The number of hydrogen-bond donors (Lipinski definition) is 1. The molecule has 2 N–H and O–H groups in total. The maximum Gasteiger partial charge on any atom is 0.267 e. The Labute approximate surface area is 177 Å². The Bertz CT molecular complexity index is 941. The predicted octanol–water partition coefficient (Wildman–Crippen LogP) is 1.99. The molecule has 160 valence electrons. The van der Waals surface area contributed by atoms with Gasteiger partial charge in [0.2, 0.25) is 0 Å². The van der Waals surface area contributed by atoms with Crippen molar-refractivity contribution in [2.24, 2.45) is 11.7 Å². The summed E-state index contributed by atoms with van der Waals surface area (Å²) < 4.78 is 1.64. The summed E-state index contributed by atoms with van der Waals surface area (Å²) in [5, 5.41) is 4.68. The van der Waals surface area contributed by atoms with Crippen molar-refractivity contribution in [2.45, 2.75) is 31.7 Å². The summed E-state index contributed by atoms with van der Waals surface area (Å²) in [5.74, 6) is 0.607. The number of likely N-dealkylation sites (N-methyl/N-ethyl adjacent to an activating group) is 1. The van der Waals surface area contributed by atoms with Gasteiger partial charge in [0.25, 0.3) is 11.5 Å². The van der Waals surface area contributed by atoms with Gasteiger partial charge in [0, 0.05) is 43.4 Å². The van der Waals surface area contributed by atoms with Crippen molar-refractivity contribution in [2.75, 3.05) is 39.8 Å². The highest BCUT2D eigenvalue weighted by Crippen LogP contribution is 2.30. The van der Waals surface area contributed by atoms with Gasteiger partial charge in [-0.1, -0.05) is 12.1 Å². The minimum Gasteiger partial charge on any atom is -0.336 e. The molecule has 2 fully saturated rings. The first-order valence-corrected chi connectivity index (χ1v) is 10.9. The number of carbonyl (C=O) groups excluding carboxylic acids is 1. The Morgan fingerprint density at radius 1 is 1.07 bits per heavy atom. The molecule has 4 rings (SSSR count). The van der Waals surface area contributed by atoms with Gasteiger partial charge in [0.15, 0.2) is 0 Å². The van der Waals surface area contributed by atoms with E-state index in [9.17, 15) is 9.59 Å². The molecule has 1 amide bonds. The lowest BCUT2D eigenvalue weighted by Gasteiger charge is -2.32. The largest absolute Gasteiger partial charge is 0.336 e. The molecule has 7 heteroatoms. The van der Waals surface area contributed by atoms with Crippen LogP contribution in [0.3, 0.4) is 0 Å². The zero-order chi connectivity index (χ0) is 21.1. The molecule has 2 aromatic rings. The minimum absolute atomic E-state index is 0.0541. The molecular weight excluding hydrogens is 378 g/mol. The molecule has 0 unspecified atom stereocenters. The van der Waals surface area contributed by atoms with E-state index in [1.165, 1.54) is 0 Å². The monoisotopic (exact) mass is 409 g/mol. The van der Waals surface area contributed by atoms with Crippen LogP contribution in [-0.4, -0.2) is 65.3 Å². The van der Waals surface area contributed by atoms with Gasteiger partial charge in [-0.05, 0) is 63.4 Å². The lowest BCUT2D eigenvalue weighted by Crippen LogP contribution is -2.47. The molecule has 0 bridgehead atoms. The van der Waals surface area contributed by atoms with E-state index in [-0.39, 0.29) is 17.5 Å². The van der Waals surface area contributed by atoms with Crippen molar-refractivity contribution in [3.05, 3.63) is 52.3 Å². The fourth-order valence-electron chi connectivity index (χ4n) is 4.47. The first-order chi connectivity index (χ1) is 14.5. The van der Waals surface area contributed by atoms with Crippen LogP contribution in [0.4, 0.5) is 0 Å². The number of piperazine rings is 1. The third-order valence-corrected chi connectivity index (χ3v) is 6.52. The highest BCUT2D eigenvalue weighted by Gasteiger charge is 2.24. The van der Waals surface area contributed by atoms with E-state index < -0.39 is 0 Å². The maximum atomic E-state index is 12.9. The molecule has 1 aromatic heterocycles. The third kappa shape index (κ3) is 4.47. The lowest BCUT2D eigenvalue weighted by molar-refractivity contribution is 0.0664. The Morgan fingerprint density at radius 3 is 2.50 bits per heavy atom. The standard InChI is InChI=1S/C23H31N5O2/c1-26-11-13-27(14-12-26)23(30)19-4-2-3-18(15-19)21-9-10-22(29)28(25-21)20-7-5-17(16-24)6-8-20/h2-4,9-10,15,17,20H,5-8,11-14,16,24H2,1H3. The smallest absolute Gasteiger partial charge is 0.267 e. The van der Waals surface area contributed by atoms with Crippen LogP contribution in [0.1, 0.15) is 42.1 Å². The number of carbonyl (C=O) groups is 1. The summed E-state index contributed by atoms with van der Waals surface area (Å²) in [6, 6.07) is 11.1. The first kappa shape index (κ1) is 20.8. The zero-order valence-corrected chi connectivity index (χ0v) is 17.7. The topological polar surface area (TPSA) is 84.5 Å². The Morgan fingerprint density at radius 2 is 1.80 bits per heavy atom. The SMILES string of the molecule is CN1CCN(C(=O)c2cccc(-c3ccc(=O)n(C4CCC(CN)CC4)n3)c2)CC1. The highest BCUT2D eigenvalue weighted by atomic mass is 16.2. The second-order valence-corrected chi connectivity index (χ2v) is 8.59. The van der Waals surface area contributed by atoms with Gasteiger partial charge in [0.1, 0.15) is 0 Å². The van der Waals surface area contributed by atoms with Crippen LogP contribution in [0, 0.1) is 5.92 Å². The van der Waals surface area contributed by atoms with E-state index >= 15 is 0 Å². The Hall–Kier alpha value is -2.51. The molecule has 2 heterocycles. The van der Waals surface area contributed by atoms with E-state index in [1.807, 2.05) is 29.2 Å². The average molecular weight is 410 g/mol. The fraction of sp³-hybridized carbons (Fsp3) is 0.522. The van der Waals surface area contributed by atoms with Crippen molar-refractivity contribution in [1.82, 2.24) is 19.6 Å². The van der Waals surface area contributed by atoms with E-state index in [2.05, 4.69) is 17.0 Å². The van der Waals surface area contributed by atoms with Crippen LogP contribution in [-0.2, 0) is 0 Å². The van der Waals surface area contributed by atoms with Crippen LogP contribution in [0.5, 0.6) is 0 Å². The summed E-state index contributed by atoms with van der Waals surface area (Å²) in [6.07, 6.45) is 3.93. The minimum atomic E-state index is -0.0698. The Balaban J connectivity index is 1.55. The molecule has 1 aliphatic carbocycles. The van der Waals surface area contributed by atoms with Crippen LogP contribution in [0.2, 0.25) is 0 Å². The number of nitrogens with two attached hydrogens (primary N) is 1. The molecular formula is C23H31N5O2. The molecule has 2 aliphatic rings. The van der Waals surface area contributed by atoms with Gasteiger partial charge >= 0.3 is 0 Å². The average Bonchev–Trinajstić information content (AvgIpc) is 2.79. The van der Waals surface area contributed by atoms with Crippen molar-refractivity contribution < 1.29 is 4.79 Å². The van der Waals surface area contributed by atoms with Crippen molar-refractivity contribution in [3.8, 4) is 11.3 Å². The molecule has 1 saturated carbocycles. The van der Waals surface area contributed by atoms with Crippen molar-refractivity contribution >= 4 is 5.91 Å². The van der Waals surface area contributed by atoms with Gasteiger partial charge < -0.3 is 15.5 Å². The van der Waals surface area contributed by atoms with Crippen LogP contribution >= 0.6 is 0 Å². The quantitative estimate of drug-likeness (QED) is 0.835. The molecule has 1 aliphatic heterocycles. The molecule has 0 radical (unpaired) electrons. The second kappa shape index (κ2) is 9.10. The zero-order valence-electron chi connectivity index (χ0n) is 17.7. The maximum absolute atomic E-state index is 12.9. The van der Waals surface area contributed by atoms with Gasteiger partial charge in [0.05, 0.1) is 11.7 Å². The number of hydrogen-bond acceptors (Lipinski definition) is 5. The third-order valence-electron chi connectivity index (χ3n) is 6.52. The van der Waals surface area contributed by atoms with Gasteiger partial charge in [-0.3, -0.25) is 9.59 Å². The normalized spacial score (nSPS) is 22.8. The summed E-state index contributed by atoms with van der Waals surface area (Å²) in [4.78, 5) is 29.5. The number of aromatic nitrogens is 2. The predicted molar refractivity (Wildman–Crippen MR) is 117 cm³/mol. The number of rotatable bonds is 4. The van der Waals surface area contributed by atoms with Gasteiger partial charge in [-0.15, -0.1) is 0 Å². The fourth-order valence-corrected chi connectivity index (χ4v) is 4.47. The van der Waals surface area contributed by atoms with E-state index in [1.54, 1.807) is 16.8 Å². The van der Waals surface area contributed by atoms with Crippen molar-refractivity contribution in [1.29, 1.82) is 0 Å². The van der Waals surface area contributed by atoms with E-state index in [4.69, 9.17) is 5.73 Å². The van der Waals surface area contributed by atoms with Crippen LogP contribution < -0.4 is 11.3 Å². The van der Waals surface area contributed by atoms with Gasteiger partial charge in [-0.25, -0.2) is 4.68 Å². The molecule has 1 saturated heterocycles. The molecule has 30 heavy (non-hydrogen) atoms. The lowest BCUT2D eigenvalue weighted by atomic mass is 9.86. The summed E-state index contributed by atoms with van der Waals surface area (Å²) in [7, 11) is 2.07. The number of amides is 1. The first-order valence-electron chi connectivity index (χ1n) is 10.9. The summed E-state index contributed by atoms with van der Waals surface area (Å²) in [5.41, 5.74) is 7.98. The molecule has 0 atom stereocenters. The van der Waals surface area contributed by atoms with E-state index in [0.717, 1.165) is 63.1 Å². The van der Waals surface area contributed by atoms with Crippen LogP contribution in [0.15, 0.2) is 41.2 Å². The highest BCUT2D eigenvalue weighted by molar-refractivity contribution is 5.95. The number of benzene rings is 1. The molecule has 1 aromatic carbocycles. The second-order valence-electron chi connectivity index (χ2n) is 8.59. The molecule has 0 spiro atoms.